The SMILES string of the molecule is CC(C)c1nnc2ccc(-c3ccc(S(=O)(=O)N4CCC(Nc5ccc(OC(F)(F)F)cn5)CC4)cc3)cn12. The average molecular weight is 561 g/mol. The number of halogens is 3. The van der Waals surface area contributed by atoms with Crippen LogP contribution in [-0.4, -0.2) is 57.8 Å². The summed E-state index contributed by atoms with van der Waals surface area (Å²) in [6, 6.07) is 13.1. The summed E-state index contributed by atoms with van der Waals surface area (Å²) < 4.78 is 70.7. The molecular weight excluding hydrogens is 533 g/mol. The van der Waals surface area contributed by atoms with Crippen LogP contribution in [0.4, 0.5) is 19.0 Å². The normalized spacial score (nSPS) is 15.6. The maximum absolute atomic E-state index is 13.3. The number of rotatable bonds is 7. The van der Waals surface area contributed by atoms with Crippen LogP contribution in [0.1, 0.15) is 38.4 Å². The van der Waals surface area contributed by atoms with Gasteiger partial charge >= 0.3 is 6.36 Å². The molecule has 0 radical (unpaired) electrons. The summed E-state index contributed by atoms with van der Waals surface area (Å²) in [7, 11) is -3.68. The molecule has 1 aliphatic rings. The van der Waals surface area contributed by atoms with E-state index < -0.39 is 22.1 Å². The van der Waals surface area contributed by atoms with Gasteiger partial charge in [0.1, 0.15) is 17.4 Å². The lowest BCUT2D eigenvalue weighted by Crippen LogP contribution is -2.42. The number of aromatic nitrogens is 4. The van der Waals surface area contributed by atoms with Gasteiger partial charge < -0.3 is 10.1 Å². The van der Waals surface area contributed by atoms with Gasteiger partial charge in [0.25, 0.3) is 0 Å². The van der Waals surface area contributed by atoms with Crippen LogP contribution in [0.25, 0.3) is 16.8 Å². The summed E-state index contributed by atoms with van der Waals surface area (Å²) in [5.74, 6) is 1.05. The first-order valence-corrected chi connectivity index (χ1v) is 13.9. The maximum atomic E-state index is 13.3. The van der Waals surface area contributed by atoms with Gasteiger partial charge in [-0.25, -0.2) is 13.4 Å². The fourth-order valence-electron chi connectivity index (χ4n) is 4.55. The zero-order valence-corrected chi connectivity index (χ0v) is 22.1. The van der Waals surface area contributed by atoms with Crippen molar-refractivity contribution in [3.05, 3.63) is 66.7 Å². The Morgan fingerprint density at radius 1 is 0.974 bits per heavy atom. The number of pyridine rings is 2. The van der Waals surface area contributed by atoms with Crippen molar-refractivity contribution < 1.29 is 26.3 Å². The highest BCUT2D eigenvalue weighted by atomic mass is 32.2. The Kier molecular flexibility index (Phi) is 7.21. The van der Waals surface area contributed by atoms with E-state index in [0.29, 0.717) is 31.7 Å². The minimum atomic E-state index is -4.78. The molecule has 206 valence electrons. The molecule has 0 bridgehead atoms. The molecule has 39 heavy (non-hydrogen) atoms. The second kappa shape index (κ2) is 10.5. The number of sulfonamides is 1. The number of ether oxygens (including phenoxy) is 1. The molecule has 1 N–H and O–H groups in total. The Morgan fingerprint density at radius 2 is 1.67 bits per heavy atom. The molecule has 0 atom stereocenters. The molecule has 0 spiro atoms. The van der Waals surface area contributed by atoms with E-state index >= 15 is 0 Å². The number of nitrogens with one attached hydrogen (secondary N) is 1. The first-order chi connectivity index (χ1) is 18.5. The number of piperidine rings is 1. The zero-order chi connectivity index (χ0) is 27.8. The predicted octanol–water partition coefficient (Wildman–Crippen LogP) is 5.08. The van der Waals surface area contributed by atoms with Crippen molar-refractivity contribution in [3.63, 3.8) is 0 Å². The molecular formula is C26H27F3N6O3S. The zero-order valence-electron chi connectivity index (χ0n) is 21.3. The standard InChI is InChI=1S/C26H27F3N6O3S/c1-17(2)25-33-32-24-10-5-19(16-35(24)25)18-3-7-22(8-4-18)39(36,37)34-13-11-20(12-14-34)31-23-9-6-21(15-30-23)38-26(27,28)29/h3-10,15-17,20H,11-14H2,1-2H3,(H,30,31). The van der Waals surface area contributed by atoms with Crippen LogP contribution in [0, 0.1) is 0 Å². The van der Waals surface area contributed by atoms with Gasteiger partial charge in [-0.2, -0.15) is 4.31 Å². The van der Waals surface area contributed by atoms with E-state index in [1.807, 2.05) is 36.6 Å². The lowest BCUT2D eigenvalue weighted by molar-refractivity contribution is -0.274. The van der Waals surface area contributed by atoms with Crippen LogP contribution < -0.4 is 10.1 Å². The Labute approximate surface area is 223 Å². The summed E-state index contributed by atoms with van der Waals surface area (Å²) in [6.07, 6.45) is -0.780. The minimum absolute atomic E-state index is 0.0657. The molecule has 4 aromatic rings. The quantitative estimate of drug-likeness (QED) is 0.336. The van der Waals surface area contributed by atoms with Crippen LogP contribution in [0.15, 0.2) is 65.8 Å². The molecule has 1 aliphatic heterocycles. The van der Waals surface area contributed by atoms with Crippen molar-refractivity contribution in [2.24, 2.45) is 0 Å². The van der Waals surface area contributed by atoms with E-state index in [0.717, 1.165) is 28.8 Å². The van der Waals surface area contributed by atoms with Gasteiger partial charge in [0, 0.05) is 31.2 Å². The molecule has 9 nitrogen and oxygen atoms in total. The molecule has 0 amide bonds. The average Bonchev–Trinajstić information content (AvgIpc) is 3.33. The van der Waals surface area contributed by atoms with Crippen molar-refractivity contribution in [2.75, 3.05) is 18.4 Å². The van der Waals surface area contributed by atoms with Crippen LogP contribution in [0.5, 0.6) is 5.75 Å². The van der Waals surface area contributed by atoms with Crippen molar-refractivity contribution in [3.8, 4) is 16.9 Å². The van der Waals surface area contributed by atoms with Gasteiger partial charge in [-0.15, -0.1) is 23.4 Å². The summed E-state index contributed by atoms with van der Waals surface area (Å²) in [5, 5.41) is 11.6. The van der Waals surface area contributed by atoms with Crippen LogP contribution >= 0.6 is 0 Å². The van der Waals surface area contributed by atoms with Gasteiger partial charge in [-0.05, 0) is 60.4 Å². The van der Waals surface area contributed by atoms with Crippen molar-refractivity contribution in [1.29, 1.82) is 0 Å². The number of hydrogen-bond donors (Lipinski definition) is 1. The lowest BCUT2D eigenvalue weighted by Gasteiger charge is -2.32. The number of alkyl halides is 3. The highest BCUT2D eigenvalue weighted by molar-refractivity contribution is 7.89. The van der Waals surface area contributed by atoms with E-state index in [9.17, 15) is 21.6 Å². The Balaban J connectivity index is 1.22. The minimum Gasteiger partial charge on any atom is -0.404 e. The summed E-state index contributed by atoms with van der Waals surface area (Å²) in [6.45, 7) is 4.71. The molecule has 1 aromatic carbocycles. The van der Waals surface area contributed by atoms with E-state index in [1.165, 1.54) is 16.4 Å². The van der Waals surface area contributed by atoms with Crippen LogP contribution in [0.3, 0.4) is 0 Å². The third-order valence-electron chi connectivity index (χ3n) is 6.55. The van der Waals surface area contributed by atoms with Gasteiger partial charge in [0.05, 0.1) is 11.1 Å². The molecule has 0 unspecified atom stereocenters. The van der Waals surface area contributed by atoms with E-state index in [4.69, 9.17) is 0 Å². The topological polar surface area (TPSA) is 102 Å². The smallest absolute Gasteiger partial charge is 0.404 e. The van der Waals surface area contributed by atoms with Crippen LogP contribution in [-0.2, 0) is 10.0 Å². The fraction of sp³-hybridized carbons (Fsp3) is 0.346. The van der Waals surface area contributed by atoms with Crippen molar-refractivity contribution in [2.45, 2.75) is 49.9 Å². The van der Waals surface area contributed by atoms with Crippen LogP contribution in [0.2, 0.25) is 0 Å². The second-order valence-corrected chi connectivity index (χ2v) is 11.6. The largest absolute Gasteiger partial charge is 0.573 e. The first-order valence-electron chi connectivity index (χ1n) is 12.4. The summed E-state index contributed by atoms with van der Waals surface area (Å²) in [5.41, 5.74) is 2.55. The fourth-order valence-corrected chi connectivity index (χ4v) is 6.02. The molecule has 3 aromatic heterocycles. The number of benzene rings is 1. The Morgan fingerprint density at radius 3 is 2.28 bits per heavy atom. The number of anilines is 1. The number of hydrogen-bond acceptors (Lipinski definition) is 7. The Bertz CT molecular complexity index is 1550. The summed E-state index contributed by atoms with van der Waals surface area (Å²) in [4.78, 5) is 4.17. The van der Waals surface area contributed by atoms with Gasteiger partial charge in [-0.3, -0.25) is 4.40 Å². The molecule has 1 saturated heterocycles. The molecule has 4 heterocycles. The molecule has 1 fully saturated rings. The Hall–Kier alpha value is -3.71. The highest BCUT2D eigenvalue weighted by Gasteiger charge is 2.32. The summed E-state index contributed by atoms with van der Waals surface area (Å²) >= 11 is 0. The first kappa shape index (κ1) is 26.9. The van der Waals surface area contributed by atoms with Crippen molar-refractivity contribution in [1.82, 2.24) is 23.9 Å². The third kappa shape index (κ3) is 5.98. The number of nitrogens with zero attached hydrogens (tertiary/aromatic N) is 5. The molecule has 13 heteroatoms. The predicted molar refractivity (Wildman–Crippen MR) is 139 cm³/mol. The molecule has 0 saturated carbocycles. The maximum Gasteiger partial charge on any atom is 0.573 e. The monoisotopic (exact) mass is 560 g/mol. The highest BCUT2D eigenvalue weighted by Crippen LogP contribution is 2.27. The second-order valence-electron chi connectivity index (χ2n) is 9.63. The van der Waals surface area contributed by atoms with E-state index in [2.05, 4.69) is 25.2 Å². The molecule has 0 aliphatic carbocycles. The van der Waals surface area contributed by atoms with Gasteiger partial charge in [0.2, 0.25) is 10.0 Å². The van der Waals surface area contributed by atoms with Crippen molar-refractivity contribution >= 4 is 21.5 Å². The van der Waals surface area contributed by atoms with E-state index in [1.54, 1.807) is 24.3 Å². The lowest BCUT2D eigenvalue weighted by atomic mass is 10.1. The van der Waals surface area contributed by atoms with E-state index in [-0.39, 0.29) is 16.9 Å². The third-order valence-corrected chi connectivity index (χ3v) is 8.46. The van der Waals surface area contributed by atoms with Gasteiger partial charge in [-0.1, -0.05) is 26.0 Å². The number of fused-ring (bicyclic) bond motifs is 1. The molecule has 5 rings (SSSR count). The van der Waals surface area contributed by atoms with Gasteiger partial charge in [0.15, 0.2) is 5.65 Å².